The Balaban J connectivity index is -0.00000000241. The number of hydrogen-bond acceptors (Lipinski definition) is 5. The molecule has 0 heterocycles. The summed E-state index contributed by atoms with van der Waals surface area (Å²) in [7, 11) is -9.33. The second kappa shape index (κ2) is 77.9. The van der Waals surface area contributed by atoms with Crippen molar-refractivity contribution in [3.63, 3.8) is 0 Å². The summed E-state index contributed by atoms with van der Waals surface area (Å²) in [5.41, 5.74) is 0. The first-order valence-electron chi connectivity index (χ1n) is 1.40. The lowest BCUT2D eigenvalue weighted by Gasteiger charge is -1.68. The quantitative estimate of drug-likeness (QED) is 0.170. The zero-order chi connectivity index (χ0) is 9.00. The van der Waals surface area contributed by atoms with E-state index in [4.69, 9.17) is 35.0 Å². The predicted octanol–water partition coefficient (Wildman–Crippen LogP) is -11.4. The second-order valence-corrected chi connectivity index (χ2v) is 2.69. The van der Waals surface area contributed by atoms with E-state index in [9.17, 15) is 0 Å². The molecule has 3 radical (unpaired) electrons. The van der Waals surface area contributed by atoms with Crippen LogP contribution in [0, 0.1) is 0 Å². The van der Waals surface area contributed by atoms with E-state index in [-0.39, 0.29) is 89.2 Å². The zero-order valence-electron chi connectivity index (χ0n) is 11.5. The highest BCUT2D eigenvalue weighted by Gasteiger charge is 1.85. The van der Waals surface area contributed by atoms with Gasteiger partial charge >= 0.3 is 20.8 Å². The molecule has 0 aliphatic rings. The first-order valence-corrected chi connectivity index (χ1v) is 4.19. The van der Waals surface area contributed by atoms with Crippen molar-refractivity contribution in [2.75, 3.05) is 0 Å². The Labute approximate surface area is 145 Å². The van der Waals surface area contributed by atoms with Gasteiger partial charge in [0.2, 0.25) is 0 Å². The highest BCUT2D eigenvalue weighted by molar-refractivity contribution is 7.80. The maximum Gasteiger partial charge on any atom is 0.394 e. The van der Waals surface area contributed by atoms with Gasteiger partial charge in [0.25, 0.3) is 0 Å². The molecule has 24 heavy (non-hydrogen) atoms. The monoisotopic (exact) mass is 456 g/mol. The van der Waals surface area contributed by atoms with Crippen molar-refractivity contribution in [3.05, 3.63) is 0 Å². The Bertz CT molecular complexity index is 218. The normalized spacial score (nSPS) is 4.83. The standard InChI is InChI=1S/Al.H3N.2H2O4S.12H2O/c;;2*1-5(2,3)4;;;;;;;;;;;;/h;1H3;2*(H2,1,2,3,4);12*1H2. The third-order valence-corrected chi connectivity index (χ3v) is 0. The van der Waals surface area contributed by atoms with E-state index in [1.807, 2.05) is 0 Å². The first kappa shape index (κ1) is 205. The van der Waals surface area contributed by atoms with E-state index in [2.05, 4.69) is 0 Å². The van der Waals surface area contributed by atoms with Crippen molar-refractivity contribution in [2.45, 2.75) is 0 Å². The topological polar surface area (TPSA) is 562 Å². The van der Waals surface area contributed by atoms with Crippen LogP contribution in [0.4, 0.5) is 0 Å². The molecule has 171 valence electrons. The molecule has 0 aromatic heterocycles. The van der Waals surface area contributed by atoms with Gasteiger partial charge in [0.1, 0.15) is 0 Å². The van der Waals surface area contributed by atoms with Gasteiger partial charge in [-0.25, -0.2) is 0 Å². The van der Waals surface area contributed by atoms with E-state index in [0.717, 1.165) is 0 Å². The van der Waals surface area contributed by atoms with Crippen molar-refractivity contribution in [1.82, 2.24) is 6.15 Å². The second-order valence-electron chi connectivity index (χ2n) is 0.896. The summed E-state index contributed by atoms with van der Waals surface area (Å²) in [5.74, 6) is 0. The molecule has 0 amide bonds. The Morgan fingerprint density at radius 1 is 0.375 bits per heavy atom. The van der Waals surface area contributed by atoms with Crippen LogP contribution in [0.3, 0.4) is 0 Å². The van der Waals surface area contributed by atoms with Crippen LogP contribution in [0.5, 0.6) is 0 Å². The third-order valence-electron chi connectivity index (χ3n) is 0. The van der Waals surface area contributed by atoms with Gasteiger partial charge in [-0.05, 0) is 0 Å². The van der Waals surface area contributed by atoms with Crippen LogP contribution >= 0.6 is 0 Å². The van der Waals surface area contributed by atoms with Crippen LogP contribution in [0.2, 0.25) is 0 Å². The molecule has 0 aromatic rings. The molecule has 0 saturated heterocycles. The van der Waals surface area contributed by atoms with Gasteiger partial charge in [-0.1, -0.05) is 0 Å². The SMILES string of the molecule is N.O.O.O.O.O.O.O.O.O.O.O.O.O=S(=O)(O)O.O=S(=O)(O)O.[Al]. The molecule has 0 atom stereocenters. The minimum absolute atomic E-state index is 0. The fourth-order valence-corrected chi connectivity index (χ4v) is 0. The van der Waals surface area contributed by atoms with Crippen LogP contribution in [0.1, 0.15) is 0 Å². The highest BCUT2D eigenvalue weighted by Crippen LogP contribution is 1.59. The van der Waals surface area contributed by atoms with Gasteiger partial charge in [-0.3, -0.25) is 18.2 Å². The third kappa shape index (κ3) is 153000. The van der Waals surface area contributed by atoms with Crippen LogP contribution in [0.15, 0.2) is 0 Å². The Kier molecular flexibility index (Phi) is 664. The van der Waals surface area contributed by atoms with Crippen molar-refractivity contribution in [1.29, 1.82) is 0 Å². The van der Waals surface area contributed by atoms with Crippen LogP contribution in [-0.2, 0) is 20.8 Å². The van der Waals surface area contributed by atoms with E-state index in [1.165, 1.54) is 0 Å². The van der Waals surface area contributed by atoms with Crippen molar-refractivity contribution in [3.8, 4) is 0 Å². The van der Waals surface area contributed by atoms with Gasteiger partial charge < -0.3 is 71.9 Å². The van der Waals surface area contributed by atoms with Gasteiger partial charge in [-0.15, -0.1) is 0 Å². The average molecular weight is 456 g/mol. The van der Waals surface area contributed by atoms with E-state index in [1.54, 1.807) is 0 Å². The highest BCUT2D eigenvalue weighted by atomic mass is 32.3. The smallest absolute Gasteiger partial charge is 0.394 e. The van der Waals surface area contributed by atoms with Crippen molar-refractivity contribution in [2.24, 2.45) is 0 Å². The molecule has 0 saturated carbocycles. The fraction of sp³-hybridized carbons (Fsp3) is 0. The average Bonchev–Trinajstić information content (AvgIpc) is 1.12. The molecular formula is H31AlNO20S2. The predicted molar refractivity (Wildman–Crippen MR) is 82.5 cm³/mol. The summed E-state index contributed by atoms with van der Waals surface area (Å²) in [4.78, 5) is 0. The van der Waals surface area contributed by atoms with Gasteiger partial charge in [0, 0.05) is 17.4 Å². The molecule has 21 nitrogen and oxygen atoms in total. The van der Waals surface area contributed by atoms with Gasteiger partial charge in [0.05, 0.1) is 0 Å². The molecular weight excluding hydrogens is 425 g/mol. The summed E-state index contributed by atoms with van der Waals surface area (Å²) in [5, 5.41) is 0. The first-order chi connectivity index (χ1) is 4.00. The van der Waals surface area contributed by atoms with Crippen LogP contribution < -0.4 is 6.15 Å². The molecule has 0 fully saturated rings. The van der Waals surface area contributed by atoms with E-state index < -0.39 is 20.8 Å². The molecule has 0 rings (SSSR count). The lowest BCUT2D eigenvalue weighted by molar-refractivity contribution is 0.378. The largest absolute Gasteiger partial charge is 0.412 e. The molecule has 24 heteroatoms. The molecule has 0 bridgehead atoms. The Hall–Kier alpha value is -0.248. The molecule has 0 unspecified atom stereocenters. The van der Waals surface area contributed by atoms with Crippen molar-refractivity contribution < 1.29 is 101 Å². The van der Waals surface area contributed by atoms with Crippen LogP contribution in [-0.4, -0.2) is 118 Å². The lowest BCUT2D eigenvalue weighted by atomic mass is 14.0. The number of hydrogen-bond donors (Lipinski definition) is 5. The van der Waals surface area contributed by atoms with Gasteiger partial charge in [-0.2, -0.15) is 16.8 Å². The van der Waals surface area contributed by atoms with E-state index in [0.29, 0.717) is 0 Å². The molecule has 0 aromatic carbocycles. The minimum atomic E-state index is -4.67. The Morgan fingerprint density at radius 3 is 0.375 bits per heavy atom. The summed E-state index contributed by atoms with van der Waals surface area (Å²) < 4.78 is 63.2. The molecule has 0 aliphatic heterocycles. The number of rotatable bonds is 0. The fourth-order valence-electron chi connectivity index (χ4n) is 0. The summed E-state index contributed by atoms with van der Waals surface area (Å²) in [6, 6.07) is 0. The van der Waals surface area contributed by atoms with E-state index >= 15 is 0 Å². The maximum atomic E-state index is 8.74. The van der Waals surface area contributed by atoms with Crippen molar-refractivity contribution >= 4 is 38.2 Å². The molecule has 0 aliphatic carbocycles. The maximum absolute atomic E-state index is 8.74. The summed E-state index contributed by atoms with van der Waals surface area (Å²) in [6.07, 6.45) is 0. The van der Waals surface area contributed by atoms with Gasteiger partial charge in [0.15, 0.2) is 0 Å². The zero-order valence-corrected chi connectivity index (χ0v) is 14.3. The Morgan fingerprint density at radius 2 is 0.375 bits per heavy atom. The minimum Gasteiger partial charge on any atom is -0.412 e. The van der Waals surface area contributed by atoms with Crippen LogP contribution in [0.25, 0.3) is 0 Å². The summed E-state index contributed by atoms with van der Waals surface area (Å²) >= 11 is 0. The summed E-state index contributed by atoms with van der Waals surface area (Å²) in [6.45, 7) is 0. The molecule has 0 spiro atoms. The lowest BCUT2D eigenvalue weighted by Crippen LogP contribution is -1.89. The molecule has 31 N–H and O–H groups in total.